The standard InChI is InChI=1S/C27H29ClN8O3/c1-4-6-11-36(16-24(30)37)18-7-9-21(17(12-18)14-29)34-27-31-15-20(28)26(35-27)33-22-10-8-19(39-3)13-23(22)32-25(38)5-2/h5,7-10,12-13,15H,2,4,6,11,16H2,1,3H3,(H2,30,37)(H,32,38)(H2,31,33,34,35). The number of carbonyl (C=O) groups excluding carboxylic acids is 2. The quantitative estimate of drug-likeness (QED) is 0.222. The highest BCUT2D eigenvalue weighted by atomic mass is 35.5. The molecule has 0 unspecified atom stereocenters. The van der Waals surface area contributed by atoms with Gasteiger partial charge in [-0.05, 0) is 42.8 Å². The second-order valence-electron chi connectivity index (χ2n) is 8.33. The second kappa shape index (κ2) is 13.6. The van der Waals surface area contributed by atoms with E-state index in [0.29, 0.717) is 40.6 Å². The van der Waals surface area contributed by atoms with Gasteiger partial charge in [0.25, 0.3) is 0 Å². The molecule has 0 aliphatic heterocycles. The van der Waals surface area contributed by atoms with Gasteiger partial charge in [0.05, 0.1) is 42.5 Å². The van der Waals surface area contributed by atoms with Crippen molar-refractivity contribution in [2.24, 2.45) is 5.73 Å². The van der Waals surface area contributed by atoms with Crippen molar-refractivity contribution < 1.29 is 14.3 Å². The van der Waals surface area contributed by atoms with Crippen LogP contribution in [0.25, 0.3) is 0 Å². The molecule has 0 atom stereocenters. The van der Waals surface area contributed by atoms with Crippen molar-refractivity contribution in [1.82, 2.24) is 9.97 Å². The van der Waals surface area contributed by atoms with E-state index < -0.39 is 11.8 Å². The number of nitrogens with zero attached hydrogens (tertiary/aromatic N) is 4. The number of nitriles is 1. The molecule has 1 heterocycles. The first kappa shape index (κ1) is 28.7. The summed E-state index contributed by atoms with van der Waals surface area (Å²) in [5.41, 5.74) is 7.85. The van der Waals surface area contributed by atoms with E-state index in [-0.39, 0.29) is 23.3 Å². The molecule has 0 saturated carbocycles. The molecular formula is C27H29ClN8O3. The summed E-state index contributed by atoms with van der Waals surface area (Å²) in [6.07, 6.45) is 4.38. The van der Waals surface area contributed by atoms with Crippen LogP contribution in [0.4, 0.5) is 34.5 Å². The Morgan fingerprint density at radius 2 is 1.97 bits per heavy atom. The monoisotopic (exact) mass is 548 g/mol. The van der Waals surface area contributed by atoms with Crippen LogP contribution in [0, 0.1) is 11.3 Å². The van der Waals surface area contributed by atoms with Crippen LogP contribution in [0.3, 0.4) is 0 Å². The molecule has 0 spiro atoms. The third-order valence-electron chi connectivity index (χ3n) is 5.53. The van der Waals surface area contributed by atoms with Gasteiger partial charge in [-0.2, -0.15) is 10.2 Å². The van der Waals surface area contributed by atoms with Crippen LogP contribution in [0.2, 0.25) is 5.02 Å². The first-order valence-corrected chi connectivity index (χ1v) is 12.4. The lowest BCUT2D eigenvalue weighted by atomic mass is 10.1. The molecule has 1 aromatic heterocycles. The topological polar surface area (TPSA) is 158 Å². The number of unbranched alkanes of at least 4 members (excludes halogenated alkanes) is 1. The fraction of sp³-hybridized carbons (Fsp3) is 0.222. The van der Waals surface area contributed by atoms with E-state index in [1.807, 2.05) is 4.90 Å². The van der Waals surface area contributed by atoms with Crippen molar-refractivity contribution in [2.75, 3.05) is 41.0 Å². The molecule has 0 aliphatic rings. The summed E-state index contributed by atoms with van der Waals surface area (Å²) >= 11 is 6.35. The largest absolute Gasteiger partial charge is 0.497 e. The zero-order valence-corrected chi connectivity index (χ0v) is 22.4. The number of primary amides is 1. The number of ether oxygens (including phenoxy) is 1. The lowest BCUT2D eigenvalue weighted by Crippen LogP contribution is -2.34. The average molecular weight is 549 g/mol. The molecule has 3 aromatic rings. The molecule has 0 saturated heterocycles. The van der Waals surface area contributed by atoms with Crippen molar-refractivity contribution in [2.45, 2.75) is 19.8 Å². The third kappa shape index (κ3) is 7.83. The number of carbonyl (C=O) groups is 2. The first-order chi connectivity index (χ1) is 18.8. The summed E-state index contributed by atoms with van der Waals surface area (Å²) in [5, 5.41) is 18.9. The summed E-state index contributed by atoms with van der Waals surface area (Å²) in [4.78, 5) is 34.0. The molecule has 12 heteroatoms. The fourth-order valence-electron chi connectivity index (χ4n) is 3.58. The number of amides is 2. The maximum atomic E-state index is 11.9. The average Bonchev–Trinajstić information content (AvgIpc) is 2.93. The number of rotatable bonds is 13. The van der Waals surface area contributed by atoms with Crippen LogP contribution in [-0.2, 0) is 9.59 Å². The van der Waals surface area contributed by atoms with E-state index in [1.165, 1.54) is 13.3 Å². The molecule has 0 fully saturated rings. The van der Waals surface area contributed by atoms with Crippen LogP contribution in [-0.4, -0.2) is 42.0 Å². The molecule has 202 valence electrons. The van der Waals surface area contributed by atoms with Gasteiger partial charge in [-0.1, -0.05) is 31.5 Å². The van der Waals surface area contributed by atoms with Crippen LogP contribution in [0.1, 0.15) is 25.3 Å². The van der Waals surface area contributed by atoms with Gasteiger partial charge in [0.15, 0.2) is 5.82 Å². The lowest BCUT2D eigenvalue weighted by Gasteiger charge is -2.24. The van der Waals surface area contributed by atoms with Crippen molar-refractivity contribution in [1.29, 1.82) is 5.26 Å². The first-order valence-electron chi connectivity index (χ1n) is 12.0. The maximum absolute atomic E-state index is 11.9. The Kier molecular flexibility index (Phi) is 10.1. The second-order valence-corrected chi connectivity index (χ2v) is 8.74. The minimum absolute atomic E-state index is 0.0492. The van der Waals surface area contributed by atoms with Crippen molar-refractivity contribution in [3.8, 4) is 11.8 Å². The highest BCUT2D eigenvalue weighted by Gasteiger charge is 2.15. The number of anilines is 6. The molecule has 2 amide bonds. The van der Waals surface area contributed by atoms with Gasteiger partial charge in [0.2, 0.25) is 17.8 Å². The third-order valence-corrected chi connectivity index (χ3v) is 5.81. The minimum atomic E-state index is -0.453. The van der Waals surface area contributed by atoms with Crippen molar-refractivity contribution in [3.05, 3.63) is 65.8 Å². The summed E-state index contributed by atoms with van der Waals surface area (Å²) in [7, 11) is 1.52. The van der Waals surface area contributed by atoms with Gasteiger partial charge in [0, 0.05) is 18.3 Å². The van der Waals surface area contributed by atoms with E-state index in [4.69, 9.17) is 22.1 Å². The fourth-order valence-corrected chi connectivity index (χ4v) is 3.71. The Balaban J connectivity index is 1.88. The Hall–Kier alpha value is -4.82. The van der Waals surface area contributed by atoms with Crippen LogP contribution in [0.5, 0.6) is 5.75 Å². The van der Waals surface area contributed by atoms with E-state index in [0.717, 1.165) is 18.9 Å². The van der Waals surface area contributed by atoms with Gasteiger partial charge in [-0.25, -0.2) is 4.98 Å². The van der Waals surface area contributed by atoms with Crippen LogP contribution in [0.15, 0.2) is 55.3 Å². The van der Waals surface area contributed by atoms with E-state index in [1.54, 1.807) is 36.4 Å². The number of benzene rings is 2. The molecule has 0 radical (unpaired) electrons. The van der Waals surface area contributed by atoms with Gasteiger partial charge in [0.1, 0.15) is 16.8 Å². The summed E-state index contributed by atoms with van der Waals surface area (Å²) in [5.74, 6) is 0.115. The number of methoxy groups -OCH3 is 1. The molecule has 0 bridgehead atoms. The molecule has 11 nitrogen and oxygen atoms in total. The molecule has 2 aromatic carbocycles. The summed E-state index contributed by atoms with van der Waals surface area (Å²) < 4.78 is 5.25. The predicted octanol–water partition coefficient (Wildman–Crippen LogP) is 4.71. The highest BCUT2D eigenvalue weighted by molar-refractivity contribution is 6.33. The van der Waals surface area contributed by atoms with Gasteiger partial charge in [-0.3, -0.25) is 9.59 Å². The van der Waals surface area contributed by atoms with Gasteiger partial charge in [-0.15, -0.1) is 0 Å². The number of nitrogens with one attached hydrogen (secondary N) is 3. The summed E-state index contributed by atoms with van der Waals surface area (Å²) in [6.45, 7) is 6.21. The zero-order chi connectivity index (χ0) is 28.4. The van der Waals surface area contributed by atoms with E-state index in [9.17, 15) is 14.9 Å². The van der Waals surface area contributed by atoms with Crippen molar-refractivity contribution >= 4 is 57.9 Å². The Bertz CT molecular complexity index is 1410. The Morgan fingerprint density at radius 3 is 2.64 bits per heavy atom. The molecule has 3 rings (SSSR count). The molecular weight excluding hydrogens is 520 g/mol. The van der Waals surface area contributed by atoms with Gasteiger partial charge < -0.3 is 31.3 Å². The zero-order valence-electron chi connectivity index (χ0n) is 21.6. The maximum Gasteiger partial charge on any atom is 0.247 e. The Morgan fingerprint density at radius 1 is 1.21 bits per heavy atom. The van der Waals surface area contributed by atoms with Gasteiger partial charge >= 0.3 is 0 Å². The number of aromatic nitrogens is 2. The van der Waals surface area contributed by atoms with E-state index in [2.05, 4.69) is 45.5 Å². The molecule has 39 heavy (non-hydrogen) atoms. The molecule has 5 N–H and O–H groups in total. The van der Waals surface area contributed by atoms with Crippen LogP contribution < -0.4 is 31.3 Å². The lowest BCUT2D eigenvalue weighted by molar-refractivity contribution is -0.116. The number of hydrogen-bond donors (Lipinski definition) is 4. The van der Waals surface area contributed by atoms with Crippen molar-refractivity contribution in [3.63, 3.8) is 0 Å². The number of hydrogen-bond acceptors (Lipinski definition) is 9. The summed E-state index contributed by atoms with van der Waals surface area (Å²) in [6, 6.07) is 12.4. The predicted molar refractivity (Wildman–Crippen MR) is 153 cm³/mol. The normalized spacial score (nSPS) is 10.2. The van der Waals surface area contributed by atoms with Crippen LogP contribution >= 0.6 is 11.6 Å². The highest BCUT2D eigenvalue weighted by Crippen LogP contribution is 2.32. The number of halogens is 1. The Labute approximate surface area is 231 Å². The SMILES string of the molecule is C=CC(=O)Nc1cc(OC)ccc1Nc1nc(Nc2ccc(N(CCCC)CC(N)=O)cc2C#N)ncc1Cl. The number of nitrogens with two attached hydrogens (primary N) is 1. The minimum Gasteiger partial charge on any atom is -0.497 e. The molecule has 0 aliphatic carbocycles. The smallest absolute Gasteiger partial charge is 0.247 e. The van der Waals surface area contributed by atoms with E-state index >= 15 is 0 Å².